The number of pyridine rings is 1. The van der Waals surface area contributed by atoms with Crippen molar-refractivity contribution in [2.75, 3.05) is 0 Å². The van der Waals surface area contributed by atoms with Crippen LogP contribution in [0.4, 0.5) is 0 Å². The summed E-state index contributed by atoms with van der Waals surface area (Å²) in [5.41, 5.74) is 3.04. The highest BCUT2D eigenvalue weighted by molar-refractivity contribution is 7.98. The average Bonchev–Trinajstić information content (AvgIpc) is 2.45. The summed E-state index contributed by atoms with van der Waals surface area (Å²) < 4.78 is 0. The topological polar surface area (TPSA) is 36.7 Å². The molecule has 21 heavy (non-hydrogen) atoms. The molecule has 1 aromatic heterocycles. The number of aromatic nitrogens is 1. The quantitative estimate of drug-likeness (QED) is 0.730. The molecule has 0 atom stereocenters. The molecular weight excluding hydrogens is 300 g/mol. The highest BCUT2D eigenvalue weighted by Gasteiger charge is 2.12. The minimum atomic E-state index is 0.177. The van der Waals surface area contributed by atoms with Crippen LogP contribution >= 0.6 is 23.4 Å². The average molecular weight is 317 g/mol. The van der Waals surface area contributed by atoms with Gasteiger partial charge in [0.2, 0.25) is 0 Å². The van der Waals surface area contributed by atoms with E-state index in [1.807, 2.05) is 6.07 Å². The predicted octanol–water partition coefficient (Wildman–Crippen LogP) is 5.20. The van der Waals surface area contributed by atoms with E-state index < -0.39 is 0 Å². The van der Waals surface area contributed by atoms with Crippen molar-refractivity contribution in [1.29, 1.82) is 5.26 Å². The first-order chi connectivity index (χ1) is 9.90. The lowest BCUT2D eigenvalue weighted by Crippen LogP contribution is -2.10. The molecule has 0 bridgehead atoms. The summed E-state index contributed by atoms with van der Waals surface area (Å²) in [4.78, 5) is 5.01. The maximum Gasteiger partial charge on any atom is 0.159 e. The largest absolute Gasteiger partial charge is 0.243 e. The Morgan fingerprint density at radius 2 is 1.90 bits per heavy atom. The molecule has 2 aromatic rings. The van der Waals surface area contributed by atoms with Crippen LogP contribution in [-0.2, 0) is 11.2 Å². The Labute approximate surface area is 135 Å². The van der Waals surface area contributed by atoms with E-state index in [4.69, 9.17) is 16.9 Å². The molecule has 0 aliphatic heterocycles. The fourth-order valence-electron chi connectivity index (χ4n) is 1.85. The van der Waals surface area contributed by atoms with Crippen LogP contribution in [-0.4, -0.2) is 4.98 Å². The summed E-state index contributed by atoms with van der Waals surface area (Å²) in [6.07, 6.45) is 1.69. The Morgan fingerprint density at radius 1 is 1.24 bits per heavy atom. The molecule has 0 unspecified atom stereocenters. The van der Waals surface area contributed by atoms with Gasteiger partial charge in [-0.1, -0.05) is 56.6 Å². The molecule has 0 saturated carbocycles. The molecule has 0 aliphatic carbocycles. The van der Waals surface area contributed by atoms with Gasteiger partial charge in [-0.15, -0.1) is 11.8 Å². The van der Waals surface area contributed by atoms with Crippen molar-refractivity contribution in [2.24, 2.45) is 0 Å². The summed E-state index contributed by atoms with van der Waals surface area (Å²) in [6, 6.07) is 12.4. The lowest BCUT2D eigenvalue weighted by Gasteiger charge is -2.19. The van der Waals surface area contributed by atoms with Crippen molar-refractivity contribution >= 4 is 23.4 Å². The van der Waals surface area contributed by atoms with E-state index in [1.165, 1.54) is 11.1 Å². The fourth-order valence-corrected chi connectivity index (χ4v) is 2.98. The Hall–Kier alpha value is -1.50. The second-order valence-corrected chi connectivity index (χ2v) is 7.30. The van der Waals surface area contributed by atoms with E-state index in [9.17, 15) is 0 Å². The van der Waals surface area contributed by atoms with Crippen LogP contribution in [0, 0.1) is 11.3 Å². The third-order valence-electron chi connectivity index (χ3n) is 3.15. The van der Waals surface area contributed by atoms with Gasteiger partial charge < -0.3 is 0 Å². The molecule has 0 amide bonds. The number of benzene rings is 1. The smallest absolute Gasteiger partial charge is 0.159 e. The molecule has 1 aromatic carbocycles. The van der Waals surface area contributed by atoms with Gasteiger partial charge in [-0.3, -0.25) is 0 Å². The van der Waals surface area contributed by atoms with Crippen molar-refractivity contribution < 1.29 is 0 Å². The maximum atomic E-state index is 8.81. The molecule has 0 fully saturated rings. The Bertz CT molecular complexity index is 667. The number of halogens is 1. The van der Waals surface area contributed by atoms with Gasteiger partial charge in [-0.05, 0) is 22.6 Å². The molecule has 1 heterocycles. The summed E-state index contributed by atoms with van der Waals surface area (Å²) in [5.74, 6) is 0.855. The molecule has 108 valence electrons. The normalized spacial score (nSPS) is 11.2. The van der Waals surface area contributed by atoms with E-state index in [0.717, 1.165) is 10.6 Å². The van der Waals surface area contributed by atoms with E-state index in [1.54, 1.807) is 24.0 Å². The van der Waals surface area contributed by atoms with Gasteiger partial charge >= 0.3 is 0 Å². The van der Waals surface area contributed by atoms with Gasteiger partial charge in [0.1, 0.15) is 6.07 Å². The minimum Gasteiger partial charge on any atom is -0.243 e. The number of nitrogens with zero attached hydrogens (tertiary/aromatic N) is 2. The van der Waals surface area contributed by atoms with E-state index in [2.05, 4.69) is 50.0 Å². The molecule has 0 N–H and O–H groups in total. The fraction of sp³-hybridized carbons (Fsp3) is 0.294. The zero-order chi connectivity index (χ0) is 15.5. The first-order valence-electron chi connectivity index (χ1n) is 6.68. The highest BCUT2D eigenvalue weighted by atomic mass is 35.5. The van der Waals surface area contributed by atoms with Crippen molar-refractivity contribution in [3.05, 3.63) is 58.4 Å². The Morgan fingerprint density at radius 3 is 2.43 bits per heavy atom. The minimum absolute atomic E-state index is 0.177. The van der Waals surface area contributed by atoms with Gasteiger partial charge in [-0.2, -0.15) is 5.26 Å². The van der Waals surface area contributed by atoms with Crippen LogP contribution in [0.25, 0.3) is 0 Å². The monoisotopic (exact) mass is 316 g/mol. The van der Waals surface area contributed by atoms with Crippen LogP contribution in [0.15, 0.2) is 41.4 Å². The standard InChI is InChI=1S/C17H17ClN2S/c1-17(2,3)13-6-4-12(5-7-13)11-21-14-8-15(18)16(9-19)20-10-14/h4-8,10H,11H2,1-3H3. The zero-order valence-corrected chi connectivity index (χ0v) is 13.9. The van der Waals surface area contributed by atoms with Gasteiger partial charge in [-0.25, -0.2) is 4.98 Å². The third kappa shape index (κ3) is 4.23. The molecule has 0 radical (unpaired) electrons. The number of hydrogen-bond acceptors (Lipinski definition) is 3. The number of thioether (sulfide) groups is 1. The summed E-state index contributed by atoms with van der Waals surface area (Å²) in [6.45, 7) is 6.63. The Balaban J connectivity index is 2.03. The van der Waals surface area contributed by atoms with Crippen molar-refractivity contribution in [3.63, 3.8) is 0 Å². The number of rotatable bonds is 3. The van der Waals surface area contributed by atoms with E-state index in [0.29, 0.717) is 5.02 Å². The SMILES string of the molecule is CC(C)(C)c1ccc(CSc2cnc(C#N)c(Cl)c2)cc1. The first kappa shape index (κ1) is 15.9. The lowest BCUT2D eigenvalue weighted by molar-refractivity contribution is 0.590. The van der Waals surface area contributed by atoms with Crippen molar-refractivity contribution in [2.45, 2.75) is 36.8 Å². The lowest BCUT2D eigenvalue weighted by atomic mass is 9.87. The molecule has 0 saturated heterocycles. The molecule has 2 nitrogen and oxygen atoms in total. The molecular formula is C17H17ClN2S. The summed E-state index contributed by atoms with van der Waals surface area (Å²) in [7, 11) is 0. The van der Waals surface area contributed by atoms with E-state index in [-0.39, 0.29) is 11.1 Å². The predicted molar refractivity (Wildman–Crippen MR) is 88.7 cm³/mol. The highest BCUT2D eigenvalue weighted by Crippen LogP contribution is 2.27. The van der Waals surface area contributed by atoms with Crippen LogP contribution in [0.3, 0.4) is 0 Å². The van der Waals surface area contributed by atoms with Gasteiger partial charge in [0.15, 0.2) is 5.69 Å². The molecule has 0 spiro atoms. The van der Waals surface area contributed by atoms with Gasteiger partial charge in [0.05, 0.1) is 5.02 Å². The van der Waals surface area contributed by atoms with E-state index >= 15 is 0 Å². The second-order valence-electron chi connectivity index (χ2n) is 5.85. The maximum absolute atomic E-state index is 8.81. The Kier molecular flexibility index (Phi) is 4.92. The van der Waals surface area contributed by atoms with Crippen LogP contribution in [0.1, 0.15) is 37.6 Å². The number of hydrogen-bond donors (Lipinski definition) is 0. The third-order valence-corrected chi connectivity index (χ3v) is 4.47. The molecule has 4 heteroatoms. The molecule has 2 rings (SSSR count). The van der Waals surface area contributed by atoms with Gasteiger partial charge in [0.25, 0.3) is 0 Å². The zero-order valence-electron chi connectivity index (χ0n) is 12.4. The van der Waals surface area contributed by atoms with Crippen LogP contribution in [0.2, 0.25) is 5.02 Å². The first-order valence-corrected chi connectivity index (χ1v) is 8.04. The van der Waals surface area contributed by atoms with Crippen LogP contribution in [0.5, 0.6) is 0 Å². The second kappa shape index (κ2) is 6.51. The summed E-state index contributed by atoms with van der Waals surface area (Å²) in [5, 5.41) is 9.21. The summed E-state index contributed by atoms with van der Waals surface area (Å²) >= 11 is 7.65. The molecule has 0 aliphatic rings. The van der Waals surface area contributed by atoms with Gasteiger partial charge in [0, 0.05) is 16.8 Å². The van der Waals surface area contributed by atoms with Crippen molar-refractivity contribution in [1.82, 2.24) is 4.98 Å². The van der Waals surface area contributed by atoms with Crippen molar-refractivity contribution in [3.8, 4) is 6.07 Å². The number of nitriles is 1. The van der Waals surface area contributed by atoms with Crippen LogP contribution < -0.4 is 0 Å².